The molecule has 0 aliphatic carbocycles. The van der Waals surface area contributed by atoms with Crippen LogP contribution < -0.4 is 0 Å². The van der Waals surface area contributed by atoms with Crippen LogP contribution in [0.25, 0.3) is 11.4 Å². The summed E-state index contributed by atoms with van der Waals surface area (Å²) < 4.78 is 38.9. The van der Waals surface area contributed by atoms with Crippen molar-refractivity contribution in [2.24, 2.45) is 5.92 Å². The van der Waals surface area contributed by atoms with E-state index in [2.05, 4.69) is 15.2 Å². The molecule has 0 unspecified atom stereocenters. The van der Waals surface area contributed by atoms with Crippen molar-refractivity contribution in [3.05, 3.63) is 36.2 Å². The Morgan fingerprint density at radius 2 is 1.72 bits per heavy atom. The Morgan fingerprint density at radius 1 is 1.14 bits per heavy atom. The minimum Gasteiger partial charge on any atom is -0.373 e. The van der Waals surface area contributed by atoms with E-state index in [9.17, 15) is 23.1 Å². The number of amides is 1. The molecular weight excluding hydrogens is 385 g/mol. The Hall–Kier alpha value is -2.42. The highest BCUT2D eigenvalue weighted by atomic mass is 19.4. The van der Waals surface area contributed by atoms with Crippen molar-refractivity contribution >= 4 is 5.91 Å². The molecule has 1 fully saturated rings. The summed E-state index contributed by atoms with van der Waals surface area (Å²) >= 11 is 0. The number of nitrogens with zero attached hydrogens (tertiary/aromatic N) is 3. The van der Waals surface area contributed by atoms with E-state index in [0.29, 0.717) is 31.4 Å². The number of aliphatic hydroxyl groups is 1. The van der Waals surface area contributed by atoms with Crippen molar-refractivity contribution in [3.8, 4) is 11.4 Å². The second kappa shape index (κ2) is 7.44. The van der Waals surface area contributed by atoms with Crippen LogP contribution in [0.5, 0.6) is 0 Å². The number of aromatic amines is 1. The monoisotopic (exact) mass is 410 g/mol. The highest BCUT2D eigenvalue weighted by Crippen LogP contribution is 2.38. The van der Waals surface area contributed by atoms with Crippen molar-refractivity contribution in [3.63, 3.8) is 0 Å². The normalized spacial score (nSPS) is 18.5. The molecule has 2 N–H and O–H groups in total. The Balaban J connectivity index is 1.69. The predicted molar refractivity (Wildman–Crippen MR) is 101 cm³/mol. The molecule has 9 heteroatoms. The van der Waals surface area contributed by atoms with Gasteiger partial charge in [0, 0.05) is 24.1 Å². The summed E-state index contributed by atoms with van der Waals surface area (Å²) in [5.74, 6) is 0.0807. The van der Waals surface area contributed by atoms with E-state index in [0.717, 1.165) is 10.5 Å². The minimum atomic E-state index is -5.01. The molecule has 29 heavy (non-hydrogen) atoms. The summed E-state index contributed by atoms with van der Waals surface area (Å²) in [4.78, 5) is 17.9. The molecule has 1 aliphatic heterocycles. The number of carbonyl (C=O) groups is 1. The smallest absolute Gasteiger partial charge is 0.373 e. The largest absolute Gasteiger partial charge is 0.426 e. The van der Waals surface area contributed by atoms with Gasteiger partial charge in [-0.1, -0.05) is 44.2 Å². The van der Waals surface area contributed by atoms with Crippen molar-refractivity contribution in [2.75, 3.05) is 13.1 Å². The topological polar surface area (TPSA) is 82.1 Å². The molecule has 1 aromatic heterocycles. The number of H-pyrrole nitrogens is 1. The van der Waals surface area contributed by atoms with E-state index in [1.807, 2.05) is 44.2 Å². The van der Waals surface area contributed by atoms with Crippen LogP contribution in [0.3, 0.4) is 0 Å². The van der Waals surface area contributed by atoms with Gasteiger partial charge >= 0.3 is 6.18 Å². The number of halogens is 3. The summed E-state index contributed by atoms with van der Waals surface area (Å²) in [6.45, 7) is 4.83. The lowest BCUT2D eigenvalue weighted by Crippen LogP contribution is -2.58. The molecule has 2 aromatic rings. The lowest BCUT2D eigenvalue weighted by atomic mass is 9.73. The van der Waals surface area contributed by atoms with E-state index in [1.165, 1.54) is 0 Å². The average Bonchev–Trinajstić information content (AvgIpc) is 3.18. The molecule has 1 atom stereocenters. The van der Waals surface area contributed by atoms with Crippen LogP contribution in [0.15, 0.2) is 30.3 Å². The second-order valence-corrected chi connectivity index (χ2v) is 8.23. The molecule has 0 bridgehead atoms. The van der Waals surface area contributed by atoms with E-state index in [-0.39, 0.29) is 19.0 Å². The zero-order valence-electron chi connectivity index (χ0n) is 16.6. The first-order valence-electron chi connectivity index (χ1n) is 9.51. The Morgan fingerprint density at radius 3 is 2.28 bits per heavy atom. The highest BCUT2D eigenvalue weighted by Gasteiger charge is 2.57. The van der Waals surface area contributed by atoms with Gasteiger partial charge in [0.1, 0.15) is 5.82 Å². The standard InChI is InChI=1S/C20H25F3N4O2/c1-18(2,16-24-15(25-26-16)13-7-5-4-6-8-13)14-9-11-27(12-10-14)17(28)19(3,29)20(21,22)23/h4-8,14,29H,9-12H2,1-3H3,(H,24,25,26)/t19-/m1/s1. The third kappa shape index (κ3) is 4.01. The van der Waals surface area contributed by atoms with Crippen LogP contribution in [-0.2, 0) is 10.2 Å². The van der Waals surface area contributed by atoms with Gasteiger partial charge in [-0.25, -0.2) is 4.98 Å². The fourth-order valence-corrected chi connectivity index (χ4v) is 3.69. The van der Waals surface area contributed by atoms with Crippen LogP contribution in [0.2, 0.25) is 0 Å². The maximum atomic E-state index is 13.0. The second-order valence-electron chi connectivity index (χ2n) is 8.23. The van der Waals surface area contributed by atoms with Crippen LogP contribution >= 0.6 is 0 Å². The van der Waals surface area contributed by atoms with Crippen LogP contribution in [0, 0.1) is 5.92 Å². The molecule has 1 saturated heterocycles. The van der Waals surface area contributed by atoms with E-state index < -0.39 is 23.1 Å². The van der Waals surface area contributed by atoms with Crippen molar-refractivity contribution in [1.82, 2.24) is 20.1 Å². The number of carbonyl (C=O) groups excluding carboxylic acids is 1. The molecule has 1 aliphatic rings. The summed E-state index contributed by atoms with van der Waals surface area (Å²) in [5, 5.41) is 16.9. The number of alkyl halides is 3. The lowest BCUT2D eigenvalue weighted by molar-refractivity contribution is -0.250. The first-order valence-corrected chi connectivity index (χ1v) is 9.51. The minimum absolute atomic E-state index is 0.0963. The maximum Gasteiger partial charge on any atom is 0.426 e. The van der Waals surface area contributed by atoms with Crippen LogP contribution in [0.4, 0.5) is 13.2 Å². The van der Waals surface area contributed by atoms with Gasteiger partial charge in [-0.2, -0.15) is 18.3 Å². The average molecular weight is 410 g/mol. The van der Waals surface area contributed by atoms with Gasteiger partial charge < -0.3 is 10.0 Å². The maximum absolute atomic E-state index is 13.0. The Kier molecular flexibility index (Phi) is 5.46. The molecule has 1 aromatic carbocycles. The molecule has 2 heterocycles. The fraction of sp³-hybridized carbons (Fsp3) is 0.550. The molecule has 6 nitrogen and oxygen atoms in total. The molecule has 1 amide bonds. The van der Waals surface area contributed by atoms with Gasteiger partial charge in [-0.15, -0.1) is 0 Å². The Bertz CT molecular complexity index is 854. The summed E-state index contributed by atoms with van der Waals surface area (Å²) in [6.07, 6.45) is -3.99. The van der Waals surface area contributed by atoms with Crippen LogP contribution in [0.1, 0.15) is 39.4 Å². The number of likely N-dealkylation sites (tertiary alicyclic amines) is 1. The number of hydrogen-bond acceptors (Lipinski definition) is 4. The van der Waals surface area contributed by atoms with Crippen molar-refractivity contribution in [2.45, 2.75) is 50.8 Å². The van der Waals surface area contributed by atoms with Crippen molar-refractivity contribution in [1.29, 1.82) is 0 Å². The number of aromatic nitrogens is 3. The molecular formula is C20H25F3N4O2. The molecule has 3 rings (SSSR count). The highest BCUT2D eigenvalue weighted by molar-refractivity contribution is 5.85. The van der Waals surface area contributed by atoms with Gasteiger partial charge in [0.2, 0.25) is 5.60 Å². The SMILES string of the molecule is CC(C)(c1nc(-c2ccccc2)n[nH]1)C1CCN(C(=O)[C@@](C)(O)C(F)(F)F)CC1. The predicted octanol–water partition coefficient (Wildman–Crippen LogP) is 3.30. The zero-order chi connectivity index (χ0) is 21.4. The summed E-state index contributed by atoms with van der Waals surface area (Å²) in [6, 6.07) is 9.54. The zero-order valence-corrected chi connectivity index (χ0v) is 16.6. The first kappa shape index (κ1) is 21.3. The number of benzene rings is 1. The third-order valence-corrected chi connectivity index (χ3v) is 5.90. The molecule has 0 spiro atoms. The van der Waals surface area contributed by atoms with E-state index in [4.69, 9.17) is 0 Å². The quantitative estimate of drug-likeness (QED) is 0.810. The van der Waals surface area contributed by atoms with Gasteiger partial charge in [-0.3, -0.25) is 9.89 Å². The summed E-state index contributed by atoms with van der Waals surface area (Å²) in [7, 11) is 0. The fourth-order valence-electron chi connectivity index (χ4n) is 3.69. The Labute approximate surface area is 167 Å². The number of piperidine rings is 1. The van der Waals surface area contributed by atoms with Gasteiger partial charge in [-0.05, 0) is 25.7 Å². The lowest BCUT2D eigenvalue weighted by Gasteiger charge is -2.41. The van der Waals surface area contributed by atoms with Gasteiger partial charge in [0.15, 0.2) is 5.82 Å². The number of rotatable bonds is 4. The molecule has 0 saturated carbocycles. The summed E-state index contributed by atoms with van der Waals surface area (Å²) in [5.41, 5.74) is -2.88. The first-order chi connectivity index (χ1) is 13.4. The van der Waals surface area contributed by atoms with Crippen molar-refractivity contribution < 1.29 is 23.1 Å². The molecule has 0 radical (unpaired) electrons. The van der Waals surface area contributed by atoms with Gasteiger partial charge in [0.25, 0.3) is 5.91 Å². The van der Waals surface area contributed by atoms with Crippen LogP contribution in [-0.4, -0.2) is 56.0 Å². The van der Waals surface area contributed by atoms with E-state index in [1.54, 1.807) is 0 Å². The number of hydrogen-bond donors (Lipinski definition) is 2. The molecule has 158 valence electrons. The third-order valence-electron chi connectivity index (χ3n) is 5.90. The number of nitrogens with one attached hydrogen (secondary N) is 1. The van der Waals surface area contributed by atoms with Gasteiger partial charge in [0.05, 0.1) is 0 Å². The van der Waals surface area contributed by atoms with E-state index >= 15 is 0 Å².